The van der Waals surface area contributed by atoms with E-state index in [0.717, 1.165) is 44.2 Å². The third-order valence-electron chi connectivity index (χ3n) is 11.8. The quantitative estimate of drug-likeness (QED) is 0.116. The maximum Gasteiger partial charge on any atom is 0.237 e. The molecule has 4 nitrogen and oxygen atoms in total. The van der Waals surface area contributed by atoms with Crippen LogP contribution in [0.15, 0.2) is 71.8 Å². The summed E-state index contributed by atoms with van der Waals surface area (Å²) < 4.78 is 57.3. The lowest BCUT2D eigenvalue weighted by molar-refractivity contribution is -0.110. The van der Waals surface area contributed by atoms with E-state index in [2.05, 4.69) is 52.0 Å². The third kappa shape index (κ3) is 4.29. The first-order chi connectivity index (χ1) is 25.5. The maximum absolute atomic E-state index is 14.5. The summed E-state index contributed by atoms with van der Waals surface area (Å²) in [5, 5.41) is 0. The van der Waals surface area contributed by atoms with Crippen molar-refractivity contribution < 1.29 is 36.7 Å². The fourth-order valence-electron chi connectivity index (χ4n) is 9.06. The number of hydrogen-bond donors (Lipinski definition) is 0. The molecule has 4 aromatic rings. The molecule has 6 aliphatic carbocycles. The first-order valence-corrected chi connectivity index (χ1v) is 19.0. The summed E-state index contributed by atoms with van der Waals surface area (Å²) in [5.41, 5.74) is 5.06. The maximum atomic E-state index is 14.5. The van der Waals surface area contributed by atoms with Crippen LogP contribution in [-0.2, 0) is 20.4 Å². The van der Waals surface area contributed by atoms with Crippen molar-refractivity contribution in [3.05, 3.63) is 148 Å². The molecule has 0 spiro atoms. The minimum atomic E-state index is -1.05. The minimum absolute atomic E-state index is 0.0134. The van der Waals surface area contributed by atoms with Gasteiger partial charge in [0.2, 0.25) is 23.1 Å². The van der Waals surface area contributed by atoms with Crippen molar-refractivity contribution in [2.45, 2.75) is 38.5 Å². The first kappa shape index (κ1) is 33.3. The van der Waals surface area contributed by atoms with Crippen molar-refractivity contribution in [3.63, 3.8) is 0 Å². The summed E-state index contributed by atoms with van der Waals surface area (Å²) in [6.45, 7) is 8.57. The number of allylic oxidation sites excluding steroid dienone is 10. The molecule has 0 aliphatic heterocycles. The topological polar surface area (TPSA) is 68.3 Å². The Morgan fingerprint density at radius 3 is 1.31 bits per heavy atom. The standard InChI is InChI=1S/C44H26F4O4S2/c1-43(2)29-7-17-6-28-30(44(3,4)32-16-22(54-42(28)32)14-26-24-10-20(46)12-34(48)36(24)40(52)38(26)50)8-18(17)5-27(29)41-31(43)15-21(53-41)13-25-23-9-19(45)11-33(47)35(23)39(51)37(25)49/h5-18H,1-4H3/b25-13-,26-14-. The molecule has 0 radical (unpaired) electrons. The number of Topliss-reactive ketones (excluding diaryl/α,β-unsaturated/α-hetero) is 4. The molecule has 0 N–H and O–H groups in total. The van der Waals surface area contributed by atoms with Gasteiger partial charge >= 0.3 is 0 Å². The fraction of sp³-hybridized carbons (Fsp3) is 0.182. The van der Waals surface area contributed by atoms with Gasteiger partial charge in [-0.3, -0.25) is 19.2 Å². The molecule has 54 heavy (non-hydrogen) atoms. The van der Waals surface area contributed by atoms with Gasteiger partial charge in [-0.2, -0.15) is 0 Å². The SMILES string of the molecule is CC1(C)C2=CC3C=C4C(=CC3C=C2c2sc(/C=C3\C(=O)C(=O)c5c(F)cc(F)cc53)cc21)C(C)(C)c1cc(/C=C2\C(=O)C(=O)c3c(F)cc(F)cc32)sc14. The number of rotatable bonds is 2. The van der Waals surface area contributed by atoms with E-state index in [9.17, 15) is 36.7 Å². The number of ketones is 4. The van der Waals surface area contributed by atoms with Crippen molar-refractivity contribution in [2.75, 3.05) is 0 Å². The average Bonchev–Trinajstić information content (AvgIpc) is 3.90. The van der Waals surface area contributed by atoms with Crippen LogP contribution >= 0.6 is 22.7 Å². The van der Waals surface area contributed by atoms with Crippen LogP contribution < -0.4 is 0 Å². The van der Waals surface area contributed by atoms with Crippen LogP contribution in [0.3, 0.4) is 0 Å². The van der Waals surface area contributed by atoms with Gasteiger partial charge in [0, 0.05) is 76.6 Å². The Balaban J connectivity index is 1.01. The van der Waals surface area contributed by atoms with Crippen molar-refractivity contribution in [1.29, 1.82) is 0 Å². The number of halogens is 4. The van der Waals surface area contributed by atoms with Gasteiger partial charge in [0.05, 0.1) is 11.1 Å². The molecule has 2 heterocycles. The lowest BCUT2D eigenvalue weighted by Crippen LogP contribution is -2.24. The predicted octanol–water partition coefficient (Wildman–Crippen LogP) is 10.1. The van der Waals surface area contributed by atoms with Crippen LogP contribution in [0.25, 0.3) is 34.4 Å². The van der Waals surface area contributed by atoms with E-state index in [1.54, 1.807) is 12.2 Å². The normalized spacial score (nSPS) is 23.8. The summed E-state index contributed by atoms with van der Waals surface area (Å²) in [7, 11) is 0. The van der Waals surface area contributed by atoms with Crippen LogP contribution in [0.2, 0.25) is 0 Å². The molecule has 266 valence electrons. The summed E-state index contributed by atoms with van der Waals surface area (Å²) in [4.78, 5) is 54.6. The van der Waals surface area contributed by atoms with Crippen molar-refractivity contribution >= 4 is 80.3 Å². The second kappa shape index (κ2) is 10.7. The summed E-state index contributed by atoms with van der Waals surface area (Å²) in [6.07, 6.45) is 12.4. The third-order valence-corrected chi connectivity index (χ3v) is 14.0. The van der Waals surface area contributed by atoms with Crippen LogP contribution in [0, 0.1) is 35.1 Å². The molecule has 2 aromatic carbocycles. The molecule has 0 saturated carbocycles. The molecule has 0 saturated heterocycles. The Labute approximate surface area is 314 Å². The number of benzene rings is 2. The Morgan fingerprint density at radius 1 is 0.537 bits per heavy atom. The number of carbonyl (C=O) groups is 4. The van der Waals surface area contributed by atoms with E-state index in [4.69, 9.17) is 0 Å². The first-order valence-electron chi connectivity index (χ1n) is 17.3. The van der Waals surface area contributed by atoms with E-state index in [-0.39, 0.29) is 34.1 Å². The van der Waals surface area contributed by atoms with Gasteiger partial charge in [0.25, 0.3) is 0 Å². The van der Waals surface area contributed by atoms with Gasteiger partial charge in [-0.25, -0.2) is 17.6 Å². The van der Waals surface area contributed by atoms with Gasteiger partial charge in [-0.1, -0.05) is 52.0 Å². The van der Waals surface area contributed by atoms with E-state index < -0.39 is 68.4 Å². The number of hydrogen-bond acceptors (Lipinski definition) is 6. The highest BCUT2D eigenvalue weighted by molar-refractivity contribution is 7.15. The van der Waals surface area contributed by atoms with Gasteiger partial charge in [-0.15, -0.1) is 22.7 Å². The molecule has 10 rings (SSSR count). The molecule has 10 heteroatoms. The largest absolute Gasteiger partial charge is 0.285 e. The highest BCUT2D eigenvalue weighted by atomic mass is 32.1. The zero-order chi connectivity index (χ0) is 37.9. The van der Waals surface area contributed by atoms with E-state index in [0.29, 0.717) is 21.9 Å². The van der Waals surface area contributed by atoms with Crippen LogP contribution in [0.4, 0.5) is 17.6 Å². The van der Waals surface area contributed by atoms with Crippen LogP contribution in [-0.4, -0.2) is 23.1 Å². The van der Waals surface area contributed by atoms with Gasteiger partial charge in [-0.05, 0) is 69.8 Å². The molecule has 0 amide bonds. The van der Waals surface area contributed by atoms with E-state index >= 15 is 0 Å². The summed E-state index contributed by atoms with van der Waals surface area (Å²) >= 11 is 2.96. The Morgan fingerprint density at radius 2 is 0.926 bits per heavy atom. The van der Waals surface area contributed by atoms with E-state index in [1.165, 1.54) is 33.8 Å². The molecule has 0 fully saturated rings. The Bertz CT molecular complexity index is 2600. The van der Waals surface area contributed by atoms with Gasteiger partial charge in [0.15, 0.2) is 0 Å². The zero-order valence-corrected chi connectivity index (χ0v) is 30.7. The average molecular weight is 759 g/mol. The number of fused-ring (bicyclic) bond motifs is 9. The summed E-state index contributed by atoms with van der Waals surface area (Å²) in [5.74, 6) is -7.35. The lowest BCUT2D eigenvalue weighted by Gasteiger charge is -2.33. The number of carbonyl (C=O) groups excluding carboxylic acids is 4. The molecule has 2 aromatic heterocycles. The predicted molar refractivity (Wildman–Crippen MR) is 201 cm³/mol. The molecule has 0 bridgehead atoms. The summed E-state index contributed by atoms with van der Waals surface area (Å²) in [6, 6.07) is 7.28. The Hall–Kier alpha value is -5.32. The van der Waals surface area contributed by atoms with Crippen molar-refractivity contribution in [3.8, 4) is 0 Å². The van der Waals surface area contributed by atoms with Gasteiger partial charge in [0.1, 0.15) is 23.3 Å². The smallest absolute Gasteiger partial charge is 0.237 e. The monoisotopic (exact) mass is 758 g/mol. The van der Waals surface area contributed by atoms with E-state index in [1.807, 2.05) is 12.1 Å². The number of thiophene rings is 2. The second-order valence-corrected chi connectivity index (χ2v) is 17.7. The van der Waals surface area contributed by atoms with Crippen molar-refractivity contribution in [2.24, 2.45) is 11.8 Å². The van der Waals surface area contributed by atoms with Crippen LogP contribution in [0.1, 0.15) is 90.2 Å². The van der Waals surface area contributed by atoms with Crippen LogP contribution in [0.5, 0.6) is 0 Å². The van der Waals surface area contributed by atoms with Gasteiger partial charge < -0.3 is 0 Å². The molecular formula is C44H26F4O4S2. The lowest BCUT2D eigenvalue weighted by atomic mass is 9.70. The molecule has 6 aliphatic rings. The van der Waals surface area contributed by atoms with Crippen molar-refractivity contribution in [1.82, 2.24) is 0 Å². The molecule has 2 atom stereocenters. The minimum Gasteiger partial charge on any atom is -0.285 e. The molecule has 2 unspecified atom stereocenters. The highest BCUT2D eigenvalue weighted by Gasteiger charge is 2.47. The zero-order valence-electron chi connectivity index (χ0n) is 29.0. The Kier molecular flexibility index (Phi) is 6.57. The molecular weight excluding hydrogens is 733 g/mol. The second-order valence-electron chi connectivity index (χ2n) is 15.6. The highest BCUT2D eigenvalue weighted by Crippen LogP contribution is 2.60. The fourth-order valence-corrected chi connectivity index (χ4v) is 11.7.